The highest BCUT2D eigenvalue weighted by Crippen LogP contribution is 2.33. The molecule has 0 atom stereocenters. The highest BCUT2D eigenvalue weighted by Gasteiger charge is 2.38. The fraction of sp³-hybridized carbons (Fsp3) is 1.00. The van der Waals surface area contributed by atoms with Gasteiger partial charge in [0, 0.05) is 24.5 Å². The van der Waals surface area contributed by atoms with Gasteiger partial charge in [-0.15, -0.1) is 11.6 Å². The molecule has 2 fully saturated rings. The Bertz CT molecular complexity index is 397. The molecule has 0 bridgehead atoms. The highest BCUT2D eigenvalue weighted by atomic mass is 35.5. The quantitative estimate of drug-likeness (QED) is 0.809. The van der Waals surface area contributed by atoms with Crippen molar-refractivity contribution in [3.8, 4) is 0 Å². The Morgan fingerprint density at radius 2 is 1.70 bits per heavy atom. The summed E-state index contributed by atoms with van der Waals surface area (Å²) in [6, 6.07) is 0. The summed E-state index contributed by atoms with van der Waals surface area (Å²) in [7, 11) is -3.40. The summed E-state index contributed by atoms with van der Waals surface area (Å²) in [6.45, 7) is 3.51. The highest BCUT2D eigenvalue weighted by molar-refractivity contribution is 7.87. The molecule has 4 nitrogen and oxygen atoms in total. The number of hydrogen-bond acceptors (Lipinski definition) is 2. The van der Waals surface area contributed by atoms with Gasteiger partial charge >= 0.3 is 0 Å². The first-order valence-corrected chi connectivity index (χ1v) is 9.80. The van der Waals surface area contributed by atoms with Crippen molar-refractivity contribution < 1.29 is 8.42 Å². The Kier molecular flexibility index (Phi) is 5.74. The van der Waals surface area contributed by atoms with Crippen LogP contribution in [0.1, 0.15) is 58.3 Å². The van der Waals surface area contributed by atoms with Crippen molar-refractivity contribution in [1.29, 1.82) is 0 Å². The lowest BCUT2D eigenvalue weighted by atomic mass is 9.79. The molecule has 1 saturated carbocycles. The summed E-state index contributed by atoms with van der Waals surface area (Å²) in [5.41, 5.74) is -0.431. The number of alkyl halides is 1. The first kappa shape index (κ1) is 16.5. The van der Waals surface area contributed by atoms with E-state index in [0.717, 1.165) is 51.4 Å². The molecule has 0 aromatic carbocycles. The van der Waals surface area contributed by atoms with E-state index in [-0.39, 0.29) is 0 Å². The van der Waals surface area contributed by atoms with Crippen LogP contribution in [-0.2, 0) is 10.2 Å². The van der Waals surface area contributed by atoms with E-state index < -0.39 is 15.7 Å². The number of rotatable bonds is 4. The van der Waals surface area contributed by atoms with Gasteiger partial charge in [-0.3, -0.25) is 0 Å². The molecule has 1 saturated heterocycles. The lowest BCUT2D eigenvalue weighted by molar-refractivity contribution is 0.241. The second kappa shape index (κ2) is 6.95. The summed E-state index contributed by atoms with van der Waals surface area (Å²) in [5, 5.41) is 0. The third-order valence-corrected chi connectivity index (χ3v) is 6.99. The van der Waals surface area contributed by atoms with Crippen LogP contribution >= 0.6 is 11.6 Å². The van der Waals surface area contributed by atoms with E-state index in [9.17, 15) is 8.42 Å². The molecule has 0 aromatic rings. The lowest BCUT2D eigenvalue weighted by Crippen LogP contribution is -2.56. The first-order chi connectivity index (χ1) is 9.47. The molecule has 1 aliphatic heterocycles. The summed E-state index contributed by atoms with van der Waals surface area (Å²) < 4.78 is 29.8. The average molecular weight is 323 g/mol. The fourth-order valence-corrected chi connectivity index (χ4v) is 5.30. The van der Waals surface area contributed by atoms with Gasteiger partial charge in [0.15, 0.2) is 0 Å². The van der Waals surface area contributed by atoms with Crippen LogP contribution < -0.4 is 4.72 Å². The molecule has 1 N–H and O–H groups in total. The molecule has 1 aliphatic carbocycles. The maximum absolute atomic E-state index is 12.6. The number of halogens is 1. The Labute approximate surface area is 128 Å². The zero-order chi connectivity index (χ0) is 14.6. The first-order valence-electron chi connectivity index (χ1n) is 7.82. The molecule has 118 valence electrons. The Morgan fingerprint density at radius 3 is 2.20 bits per heavy atom. The summed E-state index contributed by atoms with van der Waals surface area (Å²) in [6.07, 6.45) is 7.99. The third kappa shape index (κ3) is 4.09. The van der Waals surface area contributed by atoms with E-state index in [2.05, 4.69) is 11.6 Å². The maximum Gasteiger partial charge on any atom is 0.279 e. The number of nitrogens with one attached hydrogen (secondary N) is 1. The van der Waals surface area contributed by atoms with Gasteiger partial charge in [0.25, 0.3) is 10.2 Å². The van der Waals surface area contributed by atoms with E-state index in [4.69, 9.17) is 11.6 Å². The standard InChI is InChI=1S/C14H27ClN2O2S/c1-13-6-8-14(12-15,9-7-13)16-20(18,19)17-10-4-2-3-5-11-17/h13,16H,2-12H2,1H3. The fourth-order valence-electron chi connectivity index (χ4n) is 3.20. The molecule has 0 aromatic heterocycles. The Morgan fingerprint density at radius 1 is 1.15 bits per heavy atom. The van der Waals surface area contributed by atoms with Crippen LogP contribution in [0.2, 0.25) is 0 Å². The predicted octanol–water partition coefficient (Wildman–Crippen LogP) is 2.88. The lowest BCUT2D eigenvalue weighted by Gasteiger charge is -2.39. The minimum absolute atomic E-state index is 0.368. The Hall–Kier alpha value is 0.160. The molecule has 0 amide bonds. The van der Waals surface area contributed by atoms with Gasteiger partial charge < -0.3 is 0 Å². The van der Waals surface area contributed by atoms with Crippen molar-refractivity contribution in [3.05, 3.63) is 0 Å². The van der Waals surface area contributed by atoms with Crippen LogP contribution in [0.5, 0.6) is 0 Å². The van der Waals surface area contributed by atoms with Crippen molar-refractivity contribution in [1.82, 2.24) is 9.03 Å². The molecule has 0 radical (unpaired) electrons. The minimum atomic E-state index is -3.40. The van der Waals surface area contributed by atoms with Crippen molar-refractivity contribution in [2.45, 2.75) is 63.8 Å². The molecule has 2 rings (SSSR count). The van der Waals surface area contributed by atoms with Crippen LogP contribution in [0.3, 0.4) is 0 Å². The topological polar surface area (TPSA) is 49.4 Å². The van der Waals surface area contributed by atoms with Crippen LogP contribution in [0.4, 0.5) is 0 Å². The molecule has 1 heterocycles. The molecular weight excluding hydrogens is 296 g/mol. The Balaban J connectivity index is 2.05. The second-order valence-electron chi connectivity index (χ2n) is 6.52. The maximum atomic E-state index is 12.6. The van der Waals surface area contributed by atoms with Gasteiger partial charge in [0.1, 0.15) is 0 Å². The molecular formula is C14H27ClN2O2S. The van der Waals surface area contributed by atoms with Crippen LogP contribution in [0, 0.1) is 5.92 Å². The third-order valence-electron chi connectivity index (χ3n) is 4.74. The van der Waals surface area contributed by atoms with Gasteiger partial charge in [0.05, 0.1) is 0 Å². The van der Waals surface area contributed by atoms with Crippen LogP contribution in [-0.4, -0.2) is 37.2 Å². The summed E-state index contributed by atoms with van der Waals surface area (Å²) >= 11 is 6.12. The second-order valence-corrected chi connectivity index (χ2v) is 8.45. The van der Waals surface area contributed by atoms with Gasteiger partial charge in [-0.25, -0.2) is 0 Å². The summed E-state index contributed by atoms with van der Waals surface area (Å²) in [5.74, 6) is 1.04. The van der Waals surface area contributed by atoms with Gasteiger partial charge in [-0.1, -0.05) is 19.8 Å². The normalized spacial score (nSPS) is 33.8. The zero-order valence-corrected chi connectivity index (χ0v) is 14.0. The summed E-state index contributed by atoms with van der Waals surface area (Å²) in [4.78, 5) is 0. The van der Waals surface area contributed by atoms with Gasteiger partial charge in [-0.2, -0.15) is 17.4 Å². The average Bonchev–Trinajstić information content (AvgIpc) is 2.71. The SMILES string of the molecule is CC1CCC(CCl)(NS(=O)(=O)N2CCCCCC2)CC1. The smallest absolute Gasteiger partial charge is 0.195 e. The number of hydrogen-bond donors (Lipinski definition) is 1. The van der Waals surface area contributed by atoms with Crippen molar-refractivity contribution in [3.63, 3.8) is 0 Å². The van der Waals surface area contributed by atoms with E-state index in [1.54, 1.807) is 4.31 Å². The van der Waals surface area contributed by atoms with Crippen molar-refractivity contribution in [2.24, 2.45) is 5.92 Å². The van der Waals surface area contributed by atoms with E-state index in [1.165, 1.54) is 0 Å². The van der Waals surface area contributed by atoms with Gasteiger partial charge in [-0.05, 0) is 44.4 Å². The minimum Gasteiger partial charge on any atom is -0.195 e. The van der Waals surface area contributed by atoms with Crippen molar-refractivity contribution in [2.75, 3.05) is 19.0 Å². The molecule has 6 heteroatoms. The number of nitrogens with zero attached hydrogens (tertiary/aromatic N) is 1. The van der Waals surface area contributed by atoms with Crippen LogP contribution in [0.25, 0.3) is 0 Å². The molecule has 2 aliphatic rings. The van der Waals surface area contributed by atoms with Crippen LogP contribution in [0.15, 0.2) is 0 Å². The molecule has 20 heavy (non-hydrogen) atoms. The zero-order valence-electron chi connectivity index (χ0n) is 12.4. The van der Waals surface area contributed by atoms with E-state index >= 15 is 0 Å². The van der Waals surface area contributed by atoms with Crippen molar-refractivity contribution >= 4 is 21.8 Å². The largest absolute Gasteiger partial charge is 0.279 e. The molecule has 0 unspecified atom stereocenters. The predicted molar refractivity (Wildman–Crippen MR) is 83.2 cm³/mol. The monoisotopic (exact) mass is 322 g/mol. The molecule has 0 spiro atoms. The van der Waals surface area contributed by atoms with Gasteiger partial charge in [0.2, 0.25) is 0 Å². The van der Waals surface area contributed by atoms with E-state index in [0.29, 0.717) is 24.9 Å². The van der Waals surface area contributed by atoms with E-state index in [1.807, 2.05) is 0 Å².